The zero-order valence-electron chi connectivity index (χ0n) is 15.6. The molecule has 27 heavy (non-hydrogen) atoms. The Morgan fingerprint density at radius 3 is 2.89 bits per heavy atom. The number of halogens is 1. The number of fused-ring (bicyclic) bond motifs is 1. The predicted molar refractivity (Wildman–Crippen MR) is 99.0 cm³/mol. The lowest BCUT2D eigenvalue weighted by atomic mass is 9.90. The van der Waals surface area contributed by atoms with Crippen molar-refractivity contribution in [1.29, 1.82) is 0 Å². The lowest BCUT2D eigenvalue weighted by molar-refractivity contribution is 0.0135. The van der Waals surface area contributed by atoms with Crippen molar-refractivity contribution in [2.75, 3.05) is 26.3 Å². The molecule has 0 bridgehead atoms. The topological polar surface area (TPSA) is 59.4 Å². The van der Waals surface area contributed by atoms with Gasteiger partial charge in [0.2, 0.25) is 0 Å². The summed E-state index contributed by atoms with van der Waals surface area (Å²) in [6.07, 6.45) is 2.82. The lowest BCUT2D eigenvalue weighted by Gasteiger charge is -2.36. The molecule has 144 valence electrons. The number of aromatic nitrogens is 2. The van der Waals surface area contributed by atoms with Crippen LogP contribution in [0.4, 0.5) is 4.39 Å². The molecular formula is C20H25FN4O2. The van der Waals surface area contributed by atoms with Crippen molar-refractivity contribution in [1.82, 2.24) is 20.0 Å². The number of ether oxygens (including phenoxy) is 1. The molecule has 1 saturated heterocycles. The molecule has 1 aromatic carbocycles. The fourth-order valence-corrected chi connectivity index (χ4v) is 4.11. The van der Waals surface area contributed by atoms with E-state index in [-0.39, 0.29) is 18.3 Å². The number of carbonyl (C=O) groups is 1. The van der Waals surface area contributed by atoms with Crippen LogP contribution in [0.15, 0.2) is 24.3 Å². The number of amides is 1. The molecule has 0 radical (unpaired) electrons. The fourth-order valence-electron chi connectivity index (χ4n) is 4.11. The molecule has 0 unspecified atom stereocenters. The zero-order chi connectivity index (χ0) is 18.8. The van der Waals surface area contributed by atoms with Crippen LogP contribution in [0.1, 0.15) is 33.7 Å². The first-order valence-electron chi connectivity index (χ1n) is 9.51. The van der Waals surface area contributed by atoms with Gasteiger partial charge in [0.25, 0.3) is 5.91 Å². The number of morpholine rings is 1. The summed E-state index contributed by atoms with van der Waals surface area (Å²) in [7, 11) is 1.89. The summed E-state index contributed by atoms with van der Waals surface area (Å²) in [5.74, 6) is -0.550. The highest BCUT2D eigenvalue weighted by Crippen LogP contribution is 2.27. The van der Waals surface area contributed by atoms with Gasteiger partial charge in [0.05, 0.1) is 13.2 Å². The Balaban J connectivity index is 1.49. The van der Waals surface area contributed by atoms with Gasteiger partial charge in [0.15, 0.2) is 5.69 Å². The third-order valence-electron chi connectivity index (χ3n) is 5.60. The van der Waals surface area contributed by atoms with E-state index >= 15 is 0 Å². The average Bonchev–Trinajstić information content (AvgIpc) is 3.04. The average molecular weight is 372 g/mol. The third kappa shape index (κ3) is 3.75. The molecule has 6 nitrogen and oxygen atoms in total. The molecule has 1 aliphatic heterocycles. The summed E-state index contributed by atoms with van der Waals surface area (Å²) in [5.41, 5.74) is 3.12. The molecule has 1 amide bonds. The zero-order valence-corrected chi connectivity index (χ0v) is 15.6. The Bertz CT molecular complexity index is 829. The van der Waals surface area contributed by atoms with Crippen LogP contribution < -0.4 is 5.32 Å². The van der Waals surface area contributed by atoms with E-state index in [9.17, 15) is 9.18 Å². The summed E-state index contributed by atoms with van der Waals surface area (Å²) in [5, 5.41) is 7.30. The first-order chi connectivity index (χ1) is 13.1. The lowest BCUT2D eigenvalue weighted by Crippen LogP contribution is -2.46. The minimum atomic E-state index is -0.312. The number of hydrogen-bond acceptors (Lipinski definition) is 4. The van der Waals surface area contributed by atoms with Crippen LogP contribution in [-0.2, 0) is 31.2 Å². The summed E-state index contributed by atoms with van der Waals surface area (Å²) in [4.78, 5) is 15.2. The maximum Gasteiger partial charge on any atom is 0.272 e. The number of aryl methyl sites for hydroxylation is 1. The van der Waals surface area contributed by atoms with Gasteiger partial charge in [-0.1, -0.05) is 18.2 Å². The number of nitrogens with zero attached hydrogens (tertiary/aromatic N) is 3. The fraction of sp³-hybridized carbons (Fsp3) is 0.500. The second-order valence-electron chi connectivity index (χ2n) is 7.22. The van der Waals surface area contributed by atoms with Gasteiger partial charge in [-0.25, -0.2) is 4.39 Å². The van der Waals surface area contributed by atoms with Crippen LogP contribution in [0.25, 0.3) is 0 Å². The Morgan fingerprint density at radius 1 is 1.33 bits per heavy atom. The Morgan fingerprint density at radius 2 is 2.11 bits per heavy atom. The van der Waals surface area contributed by atoms with Crippen LogP contribution in [0.5, 0.6) is 0 Å². The highest BCUT2D eigenvalue weighted by molar-refractivity contribution is 5.94. The molecule has 1 aliphatic carbocycles. The molecule has 0 saturated carbocycles. The molecular weight excluding hydrogens is 347 g/mol. The van der Waals surface area contributed by atoms with Crippen molar-refractivity contribution < 1.29 is 13.9 Å². The second kappa shape index (κ2) is 7.78. The van der Waals surface area contributed by atoms with E-state index in [4.69, 9.17) is 4.74 Å². The summed E-state index contributed by atoms with van der Waals surface area (Å²) in [6.45, 7) is 3.58. The van der Waals surface area contributed by atoms with Gasteiger partial charge in [-0.05, 0) is 25.3 Å². The first kappa shape index (κ1) is 18.1. The first-order valence-corrected chi connectivity index (χ1v) is 9.51. The number of carbonyl (C=O) groups excluding carboxylic acids is 1. The van der Waals surface area contributed by atoms with Crippen molar-refractivity contribution in [2.24, 2.45) is 7.05 Å². The van der Waals surface area contributed by atoms with E-state index in [2.05, 4.69) is 15.3 Å². The van der Waals surface area contributed by atoms with Crippen molar-refractivity contribution in [3.05, 3.63) is 52.6 Å². The van der Waals surface area contributed by atoms with E-state index in [1.807, 2.05) is 11.7 Å². The van der Waals surface area contributed by atoms with Crippen molar-refractivity contribution >= 4 is 5.91 Å². The molecule has 2 aliphatic rings. The normalized spacial score (nSPS) is 20.3. The summed E-state index contributed by atoms with van der Waals surface area (Å²) < 4.78 is 21.1. The van der Waals surface area contributed by atoms with E-state index in [1.165, 1.54) is 6.07 Å². The van der Waals surface area contributed by atoms with Gasteiger partial charge < -0.3 is 10.1 Å². The number of nitrogens with one attached hydrogen (secondary N) is 1. The van der Waals surface area contributed by atoms with Crippen molar-refractivity contribution in [3.8, 4) is 0 Å². The van der Waals surface area contributed by atoms with Crippen LogP contribution in [-0.4, -0.2) is 52.9 Å². The largest absolute Gasteiger partial charge is 0.379 e. The van der Waals surface area contributed by atoms with Gasteiger partial charge >= 0.3 is 0 Å². The van der Waals surface area contributed by atoms with Gasteiger partial charge in [0, 0.05) is 49.5 Å². The molecule has 1 aromatic heterocycles. The van der Waals surface area contributed by atoms with E-state index in [0.29, 0.717) is 17.3 Å². The molecule has 7 heteroatoms. The maximum atomic E-state index is 13.8. The Labute approximate surface area is 158 Å². The smallest absolute Gasteiger partial charge is 0.272 e. The number of rotatable bonds is 4. The quantitative estimate of drug-likeness (QED) is 0.887. The SMILES string of the molecule is Cn1nc(C(=O)NCc2ccccc2F)c2c1CC[C@@H](N1CCOCC1)C2. The van der Waals surface area contributed by atoms with Crippen molar-refractivity contribution in [2.45, 2.75) is 31.8 Å². The highest BCUT2D eigenvalue weighted by Gasteiger charge is 2.31. The molecule has 2 aromatic rings. The highest BCUT2D eigenvalue weighted by atomic mass is 19.1. The van der Waals surface area contributed by atoms with Crippen molar-refractivity contribution in [3.63, 3.8) is 0 Å². The van der Waals surface area contributed by atoms with Gasteiger partial charge in [-0.3, -0.25) is 14.4 Å². The molecule has 2 heterocycles. The molecule has 1 N–H and O–H groups in total. The third-order valence-corrected chi connectivity index (χ3v) is 5.60. The number of benzene rings is 1. The monoisotopic (exact) mass is 372 g/mol. The molecule has 0 spiro atoms. The van der Waals surface area contributed by atoms with Crippen LogP contribution in [0, 0.1) is 5.82 Å². The number of hydrogen-bond donors (Lipinski definition) is 1. The predicted octanol–water partition coefficient (Wildman–Crippen LogP) is 1.68. The van der Waals surface area contributed by atoms with E-state index in [0.717, 1.165) is 56.8 Å². The van der Waals surface area contributed by atoms with Crippen LogP contribution >= 0.6 is 0 Å². The standard InChI is InChI=1S/C20H25FN4O2/c1-24-18-7-6-15(25-8-10-27-11-9-25)12-16(18)19(23-24)20(26)22-13-14-4-2-3-5-17(14)21/h2-5,15H,6-13H2,1H3,(H,22,26)/t15-/m1/s1. The Kier molecular flexibility index (Phi) is 5.22. The van der Waals surface area contributed by atoms with Gasteiger partial charge in [-0.2, -0.15) is 5.10 Å². The second-order valence-corrected chi connectivity index (χ2v) is 7.22. The van der Waals surface area contributed by atoms with Crippen LogP contribution in [0.2, 0.25) is 0 Å². The molecule has 1 atom stereocenters. The summed E-state index contributed by atoms with van der Waals surface area (Å²) >= 11 is 0. The maximum absolute atomic E-state index is 13.8. The molecule has 1 fully saturated rings. The minimum Gasteiger partial charge on any atom is -0.379 e. The molecule has 4 rings (SSSR count). The van der Waals surface area contributed by atoms with Crippen LogP contribution in [0.3, 0.4) is 0 Å². The van der Waals surface area contributed by atoms with E-state index < -0.39 is 0 Å². The van der Waals surface area contributed by atoms with Gasteiger partial charge in [-0.15, -0.1) is 0 Å². The van der Waals surface area contributed by atoms with Gasteiger partial charge in [0.1, 0.15) is 5.82 Å². The van der Waals surface area contributed by atoms with E-state index in [1.54, 1.807) is 18.2 Å². The Hall–Kier alpha value is -2.25. The minimum absolute atomic E-state index is 0.156. The summed E-state index contributed by atoms with van der Waals surface area (Å²) in [6, 6.07) is 6.90.